The summed E-state index contributed by atoms with van der Waals surface area (Å²) in [4.78, 5) is 12.2. The van der Waals surface area contributed by atoms with Crippen LogP contribution < -0.4 is 10.1 Å². The standard InChI is InChI=1S/C16H14BrNO3/c17-12-4-1-3-11(9-12)10-21-16(19)13-5-2-6-14-15(13)20-8-7-18-14/h1-6,9,18H,7-8,10H2. The summed E-state index contributed by atoms with van der Waals surface area (Å²) < 4.78 is 11.9. The lowest BCUT2D eigenvalue weighted by molar-refractivity contribution is 0.0468. The first-order valence-corrected chi connectivity index (χ1v) is 7.44. The Morgan fingerprint density at radius 2 is 2.14 bits per heavy atom. The van der Waals surface area contributed by atoms with Gasteiger partial charge in [-0.1, -0.05) is 34.1 Å². The molecule has 21 heavy (non-hydrogen) atoms. The molecule has 0 atom stereocenters. The normalized spacial score (nSPS) is 12.8. The molecule has 5 heteroatoms. The van der Waals surface area contributed by atoms with E-state index in [9.17, 15) is 4.79 Å². The van der Waals surface area contributed by atoms with E-state index in [4.69, 9.17) is 9.47 Å². The molecule has 0 aromatic heterocycles. The third kappa shape index (κ3) is 3.19. The summed E-state index contributed by atoms with van der Waals surface area (Å²) in [5.74, 6) is 0.193. The molecule has 0 saturated carbocycles. The van der Waals surface area contributed by atoms with Gasteiger partial charge in [-0.05, 0) is 29.8 Å². The van der Waals surface area contributed by atoms with Crippen LogP contribution in [0.3, 0.4) is 0 Å². The van der Waals surface area contributed by atoms with Crippen molar-refractivity contribution >= 4 is 27.6 Å². The summed E-state index contributed by atoms with van der Waals surface area (Å²) in [5, 5.41) is 3.20. The van der Waals surface area contributed by atoms with Crippen LogP contribution in [0.5, 0.6) is 5.75 Å². The predicted octanol–water partition coefficient (Wildman–Crippen LogP) is 3.61. The van der Waals surface area contributed by atoms with Crippen molar-refractivity contribution in [2.24, 2.45) is 0 Å². The largest absolute Gasteiger partial charge is 0.489 e. The van der Waals surface area contributed by atoms with Crippen molar-refractivity contribution in [1.82, 2.24) is 0 Å². The van der Waals surface area contributed by atoms with E-state index in [-0.39, 0.29) is 12.6 Å². The first-order valence-electron chi connectivity index (χ1n) is 6.65. The molecule has 2 aromatic carbocycles. The smallest absolute Gasteiger partial charge is 0.342 e. The van der Waals surface area contributed by atoms with Crippen LogP contribution in [0.1, 0.15) is 15.9 Å². The van der Waals surface area contributed by atoms with Gasteiger partial charge in [0.1, 0.15) is 18.8 Å². The van der Waals surface area contributed by atoms with Gasteiger partial charge >= 0.3 is 5.97 Å². The number of para-hydroxylation sites is 1. The van der Waals surface area contributed by atoms with Crippen LogP contribution in [0.4, 0.5) is 5.69 Å². The Morgan fingerprint density at radius 1 is 1.29 bits per heavy atom. The van der Waals surface area contributed by atoms with Gasteiger partial charge in [-0.2, -0.15) is 0 Å². The number of carbonyl (C=O) groups excluding carboxylic acids is 1. The lowest BCUT2D eigenvalue weighted by atomic mass is 10.1. The number of fused-ring (bicyclic) bond motifs is 1. The van der Waals surface area contributed by atoms with Gasteiger partial charge in [0.15, 0.2) is 5.75 Å². The van der Waals surface area contributed by atoms with Gasteiger partial charge in [0.2, 0.25) is 0 Å². The van der Waals surface area contributed by atoms with E-state index in [1.165, 1.54) is 0 Å². The molecular weight excluding hydrogens is 334 g/mol. The lowest BCUT2D eigenvalue weighted by Gasteiger charge is -2.21. The Hall–Kier alpha value is -2.01. The molecule has 0 fully saturated rings. The fourth-order valence-electron chi connectivity index (χ4n) is 2.18. The Balaban J connectivity index is 1.74. The number of benzene rings is 2. The Morgan fingerprint density at radius 3 is 3.00 bits per heavy atom. The maximum Gasteiger partial charge on any atom is 0.342 e. The van der Waals surface area contributed by atoms with Crippen LogP contribution in [-0.2, 0) is 11.3 Å². The quantitative estimate of drug-likeness (QED) is 0.861. The topological polar surface area (TPSA) is 47.6 Å². The van der Waals surface area contributed by atoms with Crippen molar-refractivity contribution in [3.63, 3.8) is 0 Å². The van der Waals surface area contributed by atoms with E-state index < -0.39 is 0 Å². The van der Waals surface area contributed by atoms with E-state index in [1.807, 2.05) is 36.4 Å². The molecular formula is C16H14BrNO3. The SMILES string of the molecule is O=C(OCc1cccc(Br)c1)c1cccc2c1OCCN2. The zero-order valence-corrected chi connectivity index (χ0v) is 12.9. The highest BCUT2D eigenvalue weighted by Crippen LogP contribution is 2.31. The summed E-state index contributed by atoms with van der Waals surface area (Å²) in [6, 6.07) is 13.1. The summed E-state index contributed by atoms with van der Waals surface area (Å²) in [6.07, 6.45) is 0. The number of esters is 1. The number of hydrogen-bond donors (Lipinski definition) is 1. The van der Waals surface area contributed by atoms with Gasteiger partial charge in [0, 0.05) is 11.0 Å². The zero-order chi connectivity index (χ0) is 14.7. The summed E-state index contributed by atoms with van der Waals surface area (Å²) in [7, 11) is 0. The number of ether oxygens (including phenoxy) is 2. The van der Waals surface area contributed by atoms with Gasteiger partial charge in [0.05, 0.1) is 5.69 Å². The summed E-state index contributed by atoms with van der Waals surface area (Å²) >= 11 is 3.39. The Labute approximate surface area is 131 Å². The van der Waals surface area contributed by atoms with Crippen LogP contribution >= 0.6 is 15.9 Å². The molecule has 1 aliphatic heterocycles. The lowest BCUT2D eigenvalue weighted by Crippen LogP contribution is -2.20. The second kappa shape index (κ2) is 6.18. The maximum atomic E-state index is 12.2. The van der Waals surface area contributed by atoms with E-state index >= 15 is 0 Å². The average molecular weight is 348 g/mol. The average Bonchev–Trinajstić information content (AvgIpc) is 2.52. The molecule has 0 spiro atoms. The molecule has 2 aromatic rings. The van der Waals surface area contributed by atoms with Crippen molar-refractivity contribution in [3.8, 4) is 5.75 Å². The number of rotatable bonds is 3. The summed E-state index contributed by atoms with van der Waals surface area (Å²) in [6.45, 7) is 1.52. The molecule has 0 bridgehead atoms. The molecule has 4 nitrogen and oxygen atoms in total. The third-order valence-corrected chi connectivity index (χ3v) is 3.65. The van der Waals surface area contributed by atoms with Crippen LogP contribution in [0, 0.1) is 0 Å². The monoisotopic (exact) mass is 347 g/mol. The number of anilines is 1. The molecule has 0 aliphatic carbocycles. The number of carbonyl (C=O) groups is 1. The van der Waals surface area contributed by atoms with E-state index in [0.29, 0.717) is 17.9 Å². The van der Waals surface area contributed by atoms with Crippen molar-refractivity contribution in [2.75, 3.05) is 18.5 Å². The number of hydrogen-bond acceptors (Lipinski definition) is 4. The maximum absolute atomic E-state index is 12.2. The predicted molar refractivity (Wildman–Crippen MR) is 83.7 cm³/mol. The van der Waals surface area contributed by atoms with Crippen molar-refractivity contribution in [3.05, 3.63) is 58.1 Å². The molecule has 1 heterocycles. The molecule has 3 rings (SSSR count). The van der Waals surface area contributed by atoms with Gasteiger partial charge < -0.3 is 14.8 Å². The van der Waals surface area contributed by atoms with Gasteiger partial charge in [0.25, 0.3) is 0 Å². The van der Waals surface area contributed by atoms with E-state index in [1.54, 1.807) is 6.07 Å². The first kappa shape index (κ1) is 13.9. The molecule has 1 aliphatic rings. The molecule has 108 valence electrons. The van der Waals surface area contributed by atoms with Gasteiger partial charge in [-0.25, -0.2) is 4.79 Å². The second-order valence-corrected chi connectivity index (χ2v) is 5.58. The van der Waals surface area contributed by atoms with Crippen LogP contribution in [0.15, 0.2) is 46.9 Å². The minimum absolute atomic E-state index is 0.232. The third-order valence-electron chi connectivity index (χ3n) is 3.16. The number of nitrogens with one attached hydrogen (secondary N) is 1. The fraction of sp³-hybridized carbons (Fsp3) is 0.188. The minimum atomic E-state index is -0.379. The van der Waals surface area contributed by atoms with Crippen molar-refractivity contribution < 1.29 is 14.3 Å². The Kier molecular flexibility index (Phi) is 4.10. The highest BCUT2D eigenvalue weighted by molar-refractivity contribution is 9.10. The van der Waals surface area contributed by atoms with Gasteiger partial charge in [-0.15, -0.1) is 0 Å². The Bertz CT molecular complexity index is 672. The van der Waals surface area contributed by atoms with Crippen LogP contribution in [-0.4, -0.2) is 19.1 Å². The zero-order valence-electron chi connectivity index (χ0n) is 11.3. The second-order valence-electron chi connectivity index (χ2n) is 4.66. The van der Waals surface area contributed by atoms with Crippen LogP contribution in [0.25, 0.3) is 0 Å². The van der Waals surface area contributed by atoms with Crippen molar-refractivity contribution in [1.29, 1.82) is 0 Å². The van der Waals surface area contributed by atoms with E-state index in [0.717, 1.165) is 22.3 Å². The summed E-state index contributed by atoms with van der Waals surface area (Å²) in [5.41, 5.74) is 2.22. The van der Waals surface area contributed by atoms with Crippen molar-refractivity contribution in [2.45, 2.75) is 6.61 Å². The highest BCUT2D eigenvalue weighted by Gasteiger charge is 2.20. The highest BCUT2D eigenvalue weighted by atomic mass is 79.9. The first-order chi connectivity index (χ1) is 10.2. The fourth-order valence-corrected chi connectivity index (χ4v) is 2.63. The molecule has 1 N–H and O–H groups in total. The molecule has 0 saturated heterocycles. The van der Waals surface area contributed by atoms with Gasteiger partial charge in [-0.3, -0.25) is 0 Å². The van der Waals surface area contributed by atoms with E-state index in [2.05, 4.69) is 21.2 Å². The molecule has 0 amide bonds. The minimum Gasteiger partial charge on any atom is -0.489 e. The number of halogens is 1. The molecule has 0 unspecified atom stereocenters. The van der Waals surface area contributed by atoms with Crippen LogP contribution in [0.2, 0.25) is 0 Å². The molecule has 0 radical (unpaired) electrons.